The number of halogens is 1. The third kappa shape index (κ3) is 5.89. The second kappa shape index (κ2) is 8.27. The van der Waals surface area contributed by atoms with Gasteiger partial charge in [-0.2, -0.15) is 4.37 Å². The Morgan fingerprint density at radius 3 is 2.61 bits per heavy atom. The lowest BCUT2D eigenvalue weighted by Gasteiger charge is -2.47. The van der Waals surface area contributed by atoms with Crippen molar-refractivity contribution < 1.29 is 0 Å². The summed E-state index contributed by atoms with van der Waals surface area (Å²) in [6.07, 6.45) is 3.05. The van der Waals surface area contributed by atoms with Crippen molar-refractivity contribution in [1.82, 2.24) is 20.0 Å². The lowest BCUT2D eigenvalue weighted by atomic mass is 9.79. The Labute approximate surface area is 177 Å². The average Bonchev–Trinajstić information content (AvgIpc) is 2.94. The molecular weight excluding hydrogens is 390 g/mol. The van der Waals surface area contributed by atoms with E-state index in [2.05, 4.69) is 66.9 Å². The molecule has 0 bridgehead atoms. The van der Waals surface area contributed by atoms with Crippen LogP contribution in [0.1, 0.15) is 58.8 Å². The van der Waals surface area contributed by atoms with Gasteiger partial charge < -0.3 is 16.0 Å². The summed E-state index contributed by atoms with van der Waals surface area (Å²) in [7, 11) is 0. The molecule has 1 atom stereocenters. The summed E-state index contributed by atoms with van der Waals surface area (Å²) in [6.45, 7) is 13.4. The van der Waals surface area contributed by atoms with Crippen molar-refractivity contribution in [3.05, 3.63) is 34.6 Å². The highest BCUT2D eigenvalue weighted by molar-refractivity contribution is 7.09. The van der Waals surface area contributed by atoms with E-state index in [1.54, 1.807) is 0 Å². The molecule has 5 nitrogen and oxygen atoms in total. The molecule has 1 aromatic heterocycles. The van der Waals surface area contributed by atoms with Gasteiger partial charge in [0.1, 0.15) is 5.82 Å². The van der Waals surface area contributed by atoms with Gasteiger partial charge in [-0.1, -0.05) is 17.7 Å². The van der Waals surface area contributed by atoms with Crippen molar-refractivity contribution >= 4 is 34.0 Å². The number of nitrogens with one attached hydrogen (secondary N) is 3. The number of piperidine rings is 1. The predicted molar refractivity (Wildman–Crippen MR) is 120 cm³/mol. The quantitative estimate of drug-likeness (QED) is 0.607. The molecule has 0 amide bonds. The third-order valence-corrected chi connectivity index (χ3v) is 6.01. The van der Waals surface area contributed by atoms with Gasteiger partial charge in [0.2, 0.25) is 5.13 Å². The fourth-order valence-corrected chi connectivity index (χ4v) is 5.19. The van der Waals surface area contributed by atoms with Crippen LogP contribution in [0.2, 0.25) is 5.02 Å². The van der Waals surface area contributed by atoms with Gasteiger partial charge in [0, 0.05) is 51.8 Å². The van der Waals surface area contributed by atoms with Crippen molar-refractivity contribution in [2.75, 3.05) is 5.32 Å². The topological polar surface area (TPSA) is 61.9 Å². The molecule has 2 heterocycles. The van der Waals surface area contributed by atoms with Crippen LogP contribution in [0.25, 0.3) is 0 Å². The summed E-state index contributed by atoms with van der Waals surface area (Å²) in [5.41, 5.74) is 2.39. The van der Waals surface area contributed by atoms with Gasteiger partial charge in [-0.3, -0.25) is 0 Å². The lowest BCUT2D eigenvalue weighted by Crippen LogP contribution is -2.62. The fourth-order valence-electron chi connectivity index (χ4n) is 4.41. The number of benzene rings is 1. The molecule has 2 aromatic rings. The van der Waals surface area contributed by atoms with E-state index in [1.165, 1.54) is 11.5 Å². The molecule has 1 aromatic carbocycles. The number of aryl methyl sites for hydroxylation is 1. The first-order valence-electron chi connectivity index (χ1n) is 9.92. The van der Waals surface area contributed by atoms with Gasteiger partial charge in [-0.25, -0.2) is 4.98 Å². The minimum absolute atomic E-state index is 0.143. The highest BCUT2D eigenvalue weighted by Gasteiger charge is 2.37. The first-order chi connectivity index (χ1) is 13.0. The third-order valence-electron chi connectivity index (χ3n) is 5.11. The Bertz CT molecular complexity index is 801. The van der Waals surface area contributed by atoms with E-state index < -0.39 is 0 Å². The summed E-state index contributed by atoms with van der Waals surface area (Å²) >= 11 is 7.50. The molecule has 1 aliphatic rings. The smallest absolute Gasteiger partial charge is 0.207 e. The maximum Gasteiger partial charge on any atom is 0.207 e. The van der Waals surface area contributed by atoms with Gasteiger partial charge in [0.25, 0.3) is 0 Å². The zero-order valence-electron chi connectivity index (χ0n) is 17.7. The van der Waals surface area contributed by atoms with Crippen LogP contribution < -0.4 is 16.0 Å². The molecule has 3 rings (SSSR count). The lowest BCUT2D eigenvalue weighted by molar-refractivity contribution is 0.140. The number of hydrogen-bond acceptors (Lipinski definition) is 6. The van der Waals surface area contributed by atoms with Crippen LogP contribution in [0.3, 0.4) is 0 Å². The van der Waals surface area contributed by atoms with Gasteiger partial charge >= 0.3 is 0 Å². The molecule has 1 unspecified atom stereocenters. The molecule has 1 saturated heterocycles. The Morgan fingerprint density at radius 1 is 1.25 bits per heavy atom. The summed E-state index contributed by atoms with van der Waals surface area (Å²) in [6, 6.07) is 6.63. The van der Waals surface area contributed by atoms with E-state index in [0.717, 1.165) is 41.5 Å². The summed E-state index contributed by atoms with van der Waals surface area (Å²) < 4.78 is 4.54. The molecule has 28 heavy (non-hydrogen) atoms. The van der Waals surface area contributed by atoms with Gasteiger partial charge in [-0.15, -0.1) is 0 Å². The van der Waals surface area contributed by atoms with Crippen LogP contribution in [0.4, 0.5) is 10.8 Å². The minimum Gasteiger partial charge on any atom is -0.330 e. The fraction of sp³-hybridized carbons (Fsp3) is 0.619. The summed E-state index contributed by atoms with van der Waals surface area (Å²) in [5, 5.41) is 12.4. The van der Waals surface area contributed by atoms with E-state index >= 15 is 0 Å². The molecule has 0 saturated carbocycles. The number of hydrogen-bond donors (Lipinski definition) is 3. The first-order valence-corrected chi connectivity index (χ1v) is 11.1. The van der Waals surface area contributed by atoms with Gasteiger partial charge in [-0.05, 0) is 72.1 Å². The zero-order chi connectivity index (χ0) is 20.5. The molecule has 0 radical (unpaired) electrons. The number of rotatable bonds is 6. The van der Waals surface area contributed by atoms with E-state index in [4.69, 9.17) is 11.6 Å². The van der Waals surface area contributed by atoms with E-state index in [-0.39, 0.29) is 11.1 Å². The maximum absolute atomic E-state index is 6.10. The highest BCUT2D eigenvalue weighted by Crippen LogP contribution is 2.29. The Kier molecular flexibility index (Phi) is 6.35. The molecule has 1 aliphatic heterocycles. The maximum atomic E-state index is 6.10. The van der Waals surface area contributed by atoms with E-state index in [9.17, 15) is 0 Å². The second-order valence-electron chi connectivity index (χ2n) is 9.37. The van der Waals surface area contributed by atoms with Crippen LogP contribution in [-0.2, 0) is 6.42 Å². The van der Waals surface area contributed by atoms with Crippen molar-refractivity contribution in [2.24, 2.45) is 0 Å². The molecular formula is C21H32ClN5S. The van der Waals surface area contributed by atoms with Gasteiger partial charge in [0.15, 0.2) is 0 Å². The zero-order valence-corrected chi connectivity index (χ0v) is 19.3. The summed E-state index contributed by atoms with van der Waals surface area (Å²) in [4.78, 5) is 4.67. The largest absolute Gasteiger partial charge is 0.330 e. The average molecular weight is 422 g/mol. The standard InChI is InChI=1S/C21H32ClN5S/c1-13-7-8-15(22)10-17(13)24-19-25-18(26-28-19)9-14(2)23-16-11-20(3,4)27-21(5,6)12-16/h7-8,10,14,16,23,27H,9,11-12H2,1-6H3,(H,24,25,26). The number of aromatic nitrogens is 2. The van der Waals surface area contributed by atoms with Crippen LogP contribution in [0.5, 0.6) is 0 Å². The molecule has 154 valence electrons. The van der Waals surface area contributed by atoms with Crippen molar-refractivity contribution in [3.8, 4) is 0 Å². The highest BCUT2D eigenvalue weighted by atomic mass is 35.5. The van der Waals surface area contributed by atoms with Crippen LogP contribution in [-0.4, -0.2) is 32.5 Å². The molecule has 1 fully saturated rings. The second-order valence-corrected chi connectivity index (χ2v) is 10.6. The molecule has 0 aliphatic carbocycles. The Balaban J connectivity index is 1.58. The Morgan fingerprint density at radius 2 is 1.93 bits per heavy atom. The number of nitrogens with zero attached hydrogens (tertiary/aromatic N) is 2. The monoisotopic (exact) mass is 421 g/mol. The van der Waals surface area contributed by atoms with Crippen molar-refractivity contribution in [3.63, 3.8) is 0 Å². The molecule has 7 heteroatoms. The first kappa shape index (κ1) is 21.5. The molecule has 0 spiro atoms. The normalized spacial score (nSPS) is 20.1. The van der Waals surface area contributed by atoms with Crippen molar-refractivity contribution in [1.29, 1.82) is 0 Å². The Hall–Kier alpha value is -1.21. The van der Waals surface area contributed by atoms with Crippen LogP contribution in [0, 0.1) is 6.92 Å². The summed E-state index contributed by atoms with van der Waals surface area (Å²) in [5.74, 6) is 0.875. The molecule has 3 N–H and O–H groups in total. The van der Waals surface area contributed by atoms with Crippen molar-refractivity contribution in [2.45, 2.75) is 84.0 Å². The minimum atomic E-state index is 0.143. The number of anilines is 2. The van der Waals surface area contributed by atoms with Crippen LogP contribution >= 0.6 is 23.1 Å². The predicted octanol–water partition coefficient (Wildman–Crippen LogP) is 5.07. The van der Waals surface area contributed by atoms with Gasteiger partial charge in [0.05, 0.1) is 0 Å². The van der Waals surface area contributed by atoms with E-state index in [1.807, 2.05) is 18.2 Å². The van der Waals surface area contributed by atoms with Crippen LogP contribution in [0.15, 0.2) is 18.2 Å². The van der Waals surface area contributed by atoms with E-state index in [0.29, 0.717) is 17.1 Å². The SMILES string of the molecule is Cc1ccc(Cl)cc1Nc1nc(CC(C)NC2CC(C)(C)NC(C)(C)C2)ns1.